The Morgan fingerprint density at radius 1 is 1.46 bits per heavy atom. The number of rotatable bonds is 2. The van der Waals surface area contributed by atoms with Crippen molar-refractivity contribution in [2.45, 2.75) is 12.2 Å². The fourth-order valence-corrected chi connectivity index (χ4v) is 0.931. The second-order valence-corrected chi connectivity index (χ2v) is 2.42. The molecule has 0 N–H and O–H groups in total. The Balaban J connectivity index is 2.87. The van der Waals surface area contributed by atoms with Gasteiger partial charge in [0.2, 0.25) is 5.88 Å². The van der Waals surface area contributed by atoms with Crippen molar-refractivity contribution in [3.05, 3.63) is 23.9 Å². The van der Waals surface area contributed by atoms with Gasteiger partial charge in [0.05, 0.1) is 5.88 Å². The minimum Gasteiger partial charge on any atom is -0.388 e. The number of nitrogens with zero attached hydrogens (tertiary/aromatic N) is 1. The molecule has 0 aliphatic carbocycles. The summed E-state index contributed by atoms with van der Waals surface area (Å²) in [6.45, 7) is 0. The highest BCUT2D eigenvalue weighted by molar-refractivity contribution is 6.17. The standard InChI is InChI=1S/C7H5ClF3NO/c8-4-5-2-1-3-12-6(5)13-7(9,10)11/h1-3H,4H2. The topological polar surface area (TPSA) is 22.1 Å². The molecule has 0 radical (unpaired) electrons. The quantitative estimate of drug-likeness (QED) is 0.702. The van der Waals surface area contributed by atoms with Crippen molar-refractivity contribution in [3.8, 4) is 5.88 Å². The van der Waals surface area contributed by atoms with Gasteiger partial charge in [0.15, 0.2) is 0 Å². The van der Waals surface area contributed by atoms with Crippen molar-refractivity contribution in [1.29, 1.82) is 0 Å². The van der Waals surface area contributed by atoms with Crippen LogP contribution in [-0.2, 0) is 5.88 Å². The summed E-state index contributed by atoms with van der Waals surface area (Å²) in [6, 6.07) is 2.90. The Hall–Kier alpha value is -0.970. The number of hydrogen-bond donors (Lipinski definition) is 0. The third-order valence-electron chi connectivity index (χ3n) is 1.21. The molecule has 0 spiro atoms. The summed E-state index contributed by atoms with van der Waals surface area (Å²) in [5.41, 5.74) is 0.210. The molecule has 0 aromatic carbocycles. The summed E-state index contributed by atoms with van der Waals surface area (Å²) in [4.78, 5) is 3.41. The van der Waals surface area contributed by atoms with Gasteiger partial charge in [-0.25, -0.2) is 4.98 Å². The summed E-state index contributed by atoms with van der Waals surface area (Å²) in [5, 5.41) is 0. The lowest BCUT2D eigenvalue weighted by Crippen LogP contribution is -2.18. The lowest BCUT2D eigenvalue weighted by atomic mass is 10.3. The van der Waals surface area contributed by atoms with E-state index >= 15 is 0 Å². The maximum atomic E-state index is 11.8. The molecule has 0 aliphatic heterocycles. The van der Waals surface area contributed by atoms with Crippen molar-refractivity contribution in [2.24, 2.45) is 0 Å². The van der Waals surface area contributed by atoms with Crippen LogP contribution in [0.25, 0.3) is 0 Å². The zero-order chi connectivity index (χ0) is 9.90. The molecule has 13 heavy (non-hydrogen) atoms. The third kappa shape index (κ3) is 3.10. The number of hydrogen-bond acceptors (Lipinski definition) is 2. The first-order valence-corrected chi connectivity index (χ1v) is 3.82. The molecular weight excluding hydrogens is 207 g/mol. The molecule has 1 aromatic heterocycles. The van der Waals surface area contributed by atoms with Crippen LogP contribution in [0.2, 0.25) is 0 Å². The molecular formula is C7H5ClF3NO. The van der Waals surface area contributed by atoms with Crippen LogP contribution in [0, 0.1) is 0 Å². The number of pyridine rings is 1. The molecule has 2 nitrogen and oxygen atoms in total. The summed E-state index contributed by atoms with van der Waals surface area (Å²) in [7, 11) is 0. The fraction of sp³-hybridized carbons (Fsp3) is 0.286. The highest BCUT2D eigenvalue weighted by atomic mass is 35.5. The van der Waals surface area contributed by atoms with E-state index in [2.05, 4.69) is 9.72 Å². The largest absolute Gasteiger partial charge is 0.574 e. The molecule has 0 saturated heterocycles. The summed E-state index contributed by atoms with van der Waals surface area (Å²) >= 11 is 5.37. The van der Waals surface area contributed by atoms with Gasteiger partial charge in [-0.1, -0.05) is 6.07 Å². The average molecular weight is 212 g/mol. The molecule has 1 aromatic rings. The molecule has 0 amide bonds. The minimum atomic E-state index is -4.73. The van der Waals surface area contributed by atoms with Gasteiger partial charge >= 0.3 is 6.36 Å². The molecule has 6 heteroatoms. The van der Waals surface area contributed by atoms with Crippen LogP contribution in [0.5, 0.6) is 5.88 Å². The maximum Gasteiger partial charge on any atom is 0.574 e. The number of aromatic nitrogens is 1. The predicted molar refractivity (Wildman–Crippen MR) is 40.5 cm³/mol. The van der Waals surface area contributed by atoms with E-state index in [4.69, 9.17) is 11.6 Å². The van der Waals surface area contributed by atoms with E-state index in [0.717, 1.165) is 0 Å². The lowest BCUT2D eigenvalue weighted by molar-refractivity contribution is -0.276. The zero-order valence-electron chi connectivity index (χ0n) is 6.31. The summed E-state index contributed by atoms with van der Waals surface area (Å²) in [6.07, 6.45) is -3.52. The van der Waals surface area contributed by atoms with Crippen molar-refractivity contribution < 1.29 is 17.9 Å². The van der Waals surface area contributed by atoms with Gasteiger partial charge in [0.25, 0.3) is 0 Å². The van der Waals surface area contributed by atoms with E-state index < -0.39 is 12.2 Å². The van der Waals surface area contributed by atoms with Gasteiger partial charge in [0, 0.05) is 11.8 Å². The normalized spacial score (nSPS) is 11.4. The second kappa shape index (κ2) is 3.83. The maximum absolute atomic E-state index is 11.8. The molecule has 0 aliphatic rings. The van der Waals surface area contributed by atoms with Crippen LogP contribution in [0.15, 0.2) is 18.3 Å². The van der Waals surface area contributed by atoms with Gasteiger partial charge in [-0.05, 0) is 6.07 Å². The summed E-state index contributed by atoms with van der Waals surface area (Å²) in [5.74, 6) is -0.566. The van der Waals surface area contributed by atoms with Gasteiger partial charge in [-0.3, -0.25) is 0 Å². The molecule has 72 valence electrons. The Bertz CT molecular complexity index is 289. The van der Waals surface area contributed by atoms with Crippen LogP contribution >= 0.6 is 11.6 Å². The lowest BCUT2D eigenvalue weighted by Gasteiger charge is -2.09. The number of ether oxygens (including phenoxy) is 1. The highest BCUT2D eigenvalue weighted by Crippen LogP contribution is 2.24. The molecule has 0 atom stereocenters. The second-order valence-electron chi connectivity index (χ2n) is 2.15. The SMILES string of the molecule is FC(F)(F)Oc1ncccc1CCl. The molecule has 0 bridgehead atoms. The molecule has 1 heterocycles. The van der Waals surface area contributed by atoms with E-state index in [1.54, 1.807) is 0 Å². The molecule has 0 saturated carbocycles. The van der Waals surface area contributed by atoms with Crippen LogP contribution < -0.4 is 4.74 Å². The van der Waals surface area contributed by atoms with Gasteiger partial charge < -0.3 is 4.74 Å². The van der Waals surface area contributed by atoms with Crippen LogP contribution in [0.1, 0.15) is 5.56 Å². The fourth-order valence-electron chi connectivity index (χ4n) is 0.727. The van der Waals surface area contributed by atoms with Crippen molar-refractivity contribution >= 4 is 11.6 Å². The molecule has 0 unspecified atom stereocenters. The first-order chi connectivity index (χ1) is 6.03. The Kier molecular flexibility index (Phi) is 2.98. The van der Waals surface area contributed by atoms with E-state index in [1.165, 1.54) is 18.3 Å². The van der Waals surface area contributed by atoms with Crippen molar-refractivity contribution in [1.82, 2.24) is 4.98 Å². The Morgan fingerprint density at radius 2 is 2.15 bits per heavy atom. The van der Waals surface area contributed by atoms with Crippen LogP contribution in [0.3, 0.4) is 0 Å². The van der Waals surface area contributed by atoms with Crippen LogP contribution in [0.4, 0.5) is 13.2 Å². The minimum absolute atomic E-state index is 0.0702. The third-order valence-corrected chi connectivity index (χ3v) is 1.49. The highest BCUT2D eigenvalue weighted by Gasteiger charge is 2.32. The first kappa shape index (κ1) is 10.1. The first-order valence-electron chi connectivity index (χ1n) is 3.28. The Morgan fingerprint density at radius 3 is 2.69 bits per heavy atom. The zero-order valence-corrected chi connectivity index (χ0v) is 7.06. The molecule has 0 fully saturated rings. The number of halogens is 4. The van der Waals surface area contributed by atoms with E-state index in [-0.39, 0.29) is 11.4 Å². The van der Waals surface area contributed by atoms with E-state index in [9.17, 15) is 13.2 Å². The Labute approximate surface area is 77.3 Å². The van der Waals surface area contributed by atoms with Gasteiger partial charge in [0.1, 0.15) is 0 Å². The van der Waals surface area contributed by atoms with Gasteiger partial charge in [-0.2, -0.15) is 0 Å². The monoisotopic (exact) mass is 211 g/mol. The predicted octanol–water partition coefficient (Wildman–Crippen LogP) is 2.72. The van der Waals surface area contributed by atoms with Crippen LogP contribution in [-0.4, -0.2) is 11.3 Å². The van der Waals surface area contributed by atoms with E-state index in [1.807, 2.05) is 0 Å². The van der Waals surface area contributed by atoms with Crippen molar-refractivity contribution in [3.63, 3.8) is 0 Å². The number of alkyl halides is 4. The van der Waals surface area contributed by atoms with E-state index in [0.29, 0.717) is 0 Å². The van der Waals surface area contributed by atoms with Gasteiger partial charge in [-0.15, -0.1) is 24.8 Å². The smallest absolute Gasteiger partial charge is 0.388 e. The average Bonchev–Trinajstić information content (AvgIpc) is 2.02. The summed E-state index contributed by atoms with van der Waals surface area (Å²) < 4.78 is 38.9. The van der Waals surface area contributed by atoms with Crippen molar-refractivity contribution in [2.75, 3.05) is 0 Å². The molecule has 1 rings (SSSR count).